The molecule has 0 aromatic carbocycles. The molecule has 2 rings (SSSR count). The SMILES string of the molecule is CCCNCc1cnc(C(OCC)C2CC2)s1. The van der Waals surface area contributed by atoms with E-state index < -0.39 is 0 Å². The molecule has 0 aliphatic heterocycles. The molecule has 1 aromatic heterocycles. The minimum Gasteiger partial charge on any atom is -0.371 e. The molecule has 96 valence electrons. The highest BCUT2D eigenvalue weighted by Crippen LogP contribution is 2.44. The second-order valence-electron chi connectivity index (χ2n) is 4.55. The molecule has 1 aromatic rings. The Bertz CT molecular complexity index is 336. The van der Waals surface area contributed by atoms with Gasteiger partial charge < -0.3 is 10.1 Å². The van der Waals surface area contributed by atoms with Gasteiger partial charge in [0.25, 0.3) is 0 Å². The van der Waals surface area contributed by atoms with Gasteiger partial charge in [-0.25, -0.2) is 4.98 Å². The van der Waals surface area contributed by atoms with E-state index in [1.54, 1.807) is 11.3 Å². The van der Waals surface area contributed by atoms with Gasteiger partial charge in [0.2, 0.25) is 0 Å². The van der Waals surface area contributed by atoms with Crippen molar-refractivity contribution < 1.29 is 4.74 Å². The van der Waals surface area contributed by atoms with E-state index in [4.69, 9.17) is 4.74 Å². The molecule has 1 fully saturated rings. The summed E-state index contributed by atoms with van der Waals surface area (Å²) in [5, 5.41) is 4.58. The van der Waals surface area contributed by atoms with Crippen LogP contribution in [0.4, 0.5) is 0 Å². The predicted molar refractivity (Wildman–Crippen MR) is 71.2 cm³/mol. The summed E-state index contributed by atoms with van der Waals surface area (Å²) in [4.78, 5) is 5.85. The van der Waals surface area contributed by atoms with Gasteiger partial charge in [-0.15, -0.1) is 11.3 Å². The van der Waals surface area contributed by atoms with Gasteiger partial charge in [0.1, 0.15) is 11.1 Å². The van der Waals surface area contributed by atoms with Crippen molar-refractivity contribution in [1.82, 2.24) is 10.3 Å². The third-order valence-corrected chi connectivity index (χ3v) is 4.00. The Labute approximate surface area is 108 Å². The molecule has 0 spiro atoms. The van der Waals surface area contributed by atoms with Gasteiger partial charge in [-0.2, -0.15) is 0 Å². The van der Waals surface area contributed by atoms with Crippen molar-refractivity contribution in [3.05, 3.63) is 16.1 Å². The minimum atomic E-state index is 0.255. The molecule has 1 atom stereocenters. The largest absolute Gasteiger partial charge is 0.371 e. The maximum absolute atomic E-state index is 5.82. The third kappa shape index (κ3) is 3.76. The molecule has 17 heavy (non-hydrogen) atoms. The monoisotopic (exact) mass is 254 g/mol. The molecular weight excluding hydrogens is 232 g/mol. The Morgan fingerprint density at radius 3 is 3.00 bits per heavy atom. The number of hydrogen-bond acceptors (Lipinski definition) is 4. The van der Waals surface area contributed by atoms with Crippen LogP contribution in [0.1, 0.15) is 49.1 Å². The maximum Gasteiger partial charge on any atom is 0.122 e. The van der Waals surface area contributed by atoms with Gasteiger partial charge in [-0.3, -0.25) is 0 Å². The highest BCUT2D eigenvalue weighted by atomic mass is 32.1. The predicted octanol–water partition coefficient (Wildman–Crippen LogP) is 3.13. The van der Waals surface area contributed by atoms with Crippen molar-refractivity contribution in [2.45, 2.75) is 45.8 Å². The Kier molecular flexibility index (Phi) is 4.95. The lowest BCUT2D eigenvalue weighted by atomic mass is 10.2. The van der Waals surface area contributed by atoms with E-state index in [-0.39, 0.29) is 6.10 Å². The first-order valence-corrected chi connectivity index (χ1v) is 7.43. The number of thiazole rings is 1. The smallest absolute Gasteiger partial charge is 0.122 e. The fourth-order valence-corrected chi connectivity index (χ4v) is 2.94. The first-order chi connectivity index (χ1) is 8.35. The van der Waals surface area contributed by atoms with Crippen LogP contribution in [-0.2, 0) is 11.3 Å². The average molecular weight is 254 g/mol. The molecule has 4 heteroatoms. The van der Waals surface area contributed by atoms with Crippen LogP contribution in [0, 0.1) is 5.92 Å². The molecule has 0 radical (unpaired) electrons. The van der Waals surface area contributed by atoms with Crippen LogP contribution < -0.4 is 5.32 Å². The van der Waals surface area contributed by atoms with Crippen molar-refractivity contribution >= 4 is 11.3 Å². The molecular formula is C13H22N2OS. The Morgan fingerprint density at radius 1 is 1.53 bits per heavy atom. The lowest BCUT2D eigenvalue weighted by Gasteiger charge is -2.12. The van der Waals surface area contributed by atoms with E-state index in [1.807, 2.05) is 6.20 Å². The molecule has 0 saturated heterocycles. The van der Waals surface area contributed by atoms with Crippen LogP contribution in [-0.4, -0.2) is 18.1 Å². The standard InChI is InChI=1S/C13H22N2OS/c1-3-7-14-8-11-9-15-13(17-11)12(16-4-2)10-5-6-10/h9-10,12,14H,3-8H2,1-2H3. The van der Waals surface area contributed by atoms with E-state index in [0.717, 1.165) is 25.6 Å². The van der Waals surface area contributed by atoms with Crippen molar-refractivity contribution in [3.8, 4) is 0 Å². The van der Waals surface area contributed by atoms with Gasteiger partial charge in [-0.05, 0) is 38.6 Å². The van der Waals surface area contributed by atoms with E-state index in [1.165, 1.54) is 29.1 Å². The zero-order chi connectivity index (χ0) is 12.1. The number of aromatic nitrogens is 1. The summed E-state index contributed by atoms with van der Waals surface area (Å²) in [6.45, 7) is 7.04. The third-order valence-electron chi connectivity index (χ3n) is 2.94. The first kappa shape index (κ1) is 13.0. The number of nitrogens with zero attached hydrogens (tertiary/aromatic N) is 1. The Morgan fingerprint density at radius 2 is 2.35 bits per heavy atom. The molecule has 0 amide bonds. The van der Waals surface area contributed by atoms with Crippen molar-refractivity contribution in [2.24, 2.45) is 5.92 Å². The molecule has 1 aliphatic rings. The van der Waals surface area contributed by atoms with Crippen molar-refractivity contribution in [1.29, 1.82) is 0 Å². The molecule has 1 aliphatic carbocycles. The van der Waals surface area contributed by atoms with E-state index in [2.05, 4.69) is 24.1 Å². The van der Waals surface area contributed by atoms with E-state index in [9.17, 15) is 0 Å². The lowest BCUT2D eigenvalue weighted by molar-refractivity contribution is 0.0462. The molecule has 3 nitrogen and oxygen atoms in total. The number of nitrogens with one attached hydrogen (secondary N) is 1. The van der Waals surface area contributed by atoms with Gasteiger partial charge in [0, 0.05) is 24.2 Å². The Hall–Kier alpha value is -0.450. The average Bonchev–Trinajstić information content (AvgIpc) is 3.06. The van der Waals surface area contributed by atoms with Gasteiger partial charge in [0.05, 0.1) is 0 Å². The van der Waals surface area contributed by atoms with Gasteiger partial charge in [0.15, 0.2) is 0 Å². The summed E-state index contributed by atoms with van der Waals surface area (Å²) >= 11 is 1.80. The summed E-state index contributed by atoms with van der Waals surface area (Å²) in [7, 11) is 0. The molecule has 1 unspecified atom stereocenters. The maximum atomic E-state index is 5.82. The minimum absolute atomic E-state index is 0.255. The highest BCUT2D eigenvalue weighted by molar-refractivity contribution is 7.11. The van der Waals surface area contributed by atoms with Crippen LogP contribution in [0.2, 0.25) is 0 Å². The summed E-state index contributed by atoms with van der Waals surface area (Å²) < 4.78 is 5.82. The molecule has 1 saturated carbocycles. The second-order valence-corrected chi connectivity index (χ2v) is 5.70. The van der Waals surface area contributed by atoms with E-state index >= 15 is 0 Å². The van der Waals surface area contributed by atoms with Crippen LogP contribution in [0.5, 0.6) is 0 Å². The molecule has 0 bridgehead atoms. The van der Waals surface area contributed by atoms with Crippen LogP contribution >= 0.6 is 11.3 Å². The lowest BCUT2D eigenvalue weighted by Crippen LogP contribution is -2.12. The topological polar surface area (TPSA) is 34.2 Å². The highest BCUT2D eigenvalue weighted by Gasteiger charge is 2.34. The summed E-state index contributed by atoms with van der Waals surface area (Å²) in [5.41, 5.74) is 0. The van der Waals surface area contributed by atoms with Crippen LogP contribution in [0.3, 0.4) is 0 Å². The van der Waals surface area contributed by atoms with Crippen LogP contribution in [0.25, 0.3) is 0 Å². The molecule has 1 N–H and O–H groups in total. The Balaban J connectivity index is 1.90. The normalized spacial score (nSPS) is 17.3. The zero-order valence-corrected chi connectivity index (χ0v) is 11.6. The van der Waals surface area contributed by atoms with Gasteiger partial charge >= 0.3 is 0 Å². The quantitative estimate of drug-likeness (QED) is 0.724. The summed E-state index contributed by atoms with van der Waals surface area (Å²) in [6.07, 6.45) is 6.03. The second kappa shape index (κ2) is 6.47. The van der Waals surface area contributed by atoms with E-state index in [0.29, 0.717) is 0 Å². The fraction of sp³-hybridized carbons (Fsp3) is 0.769. The zero-order valence-electron chi connectivity index (χ0n) is 10.7. The van der Waals surface area contributed by atoms with Crippen molar-refractivity contribution in [2.75, 3.05) is 13.2 Å². The fourth-order valence-electron chi connectivity index (χ4n) is 1.91. The summed E-state index contributed by atoms with van der Waals surface area (Å²) in [5.74, 6) is 0.720. The number of rotatable bonds is 8. The summed E-state index contributed by atoms with van der Waals surface area (Å²) in [6, 6.07) is 0. The van der Waals surface area contributed by atoms with Crippen molar-refractivity contribution in [3.63, 3.8) is 0 Å². The number of ether oxygens (including phenoxy) is 1. The first-order valence-electron chi connectivity index (χ1n) is 6.62. The van der Waals surface area contributed by atoms with Crippen LogP contribution in [0.15, 0.2) is 6.20 Å². The van der Waals surface area contributed by atoms with Gasteiger partial charge in [-0.1, -0.05) is 6.92 Å². The molecule has 1 heterocycles. The number of hydrogen-bond donors (Lipinski definition) is 1.